The van der Waals surface area contributed by atoms with E-state index in [1.165, 1.54) is 32.1 Å². The van der Waals surface area contributed by atoms with E-state index in [9.17, 15) is 4.79 Å². The molecule has 0 aromatic heterocycles. The number of esters is 1. The predicted molar refractivity (Wildman–Crippen MR) is 123 cm³/mol. The van der Waals surface area contributed by atoms with Crippen LogP contribution in [-0.2, 0) is 9.47 Å². The third-order valence-corrected chi connectivity index (χ3v) is 4.65. The van der Waals surface area contributed by atoms with Gasteiger partial charge in [0.2, 0.25) is 0 Å². The molecule has 31 heavy (non-hydrogen) atoms. The van der Waals surface area contributed by atoms with E-state index >= 15 is 0 Å². The van der Waals surface area contributed by atoms with Crippen molar-refractivity contribution in [1.29, 1.82) is 0 Å². The van der Waals surface area contributed by atoms with Gasteiger partial charge in [0.25, 0.3) is 0 Å². The minimum atomic E-state index is -0.375. The van der Waals surface area contributed by atoms with E-state index in [0.29, 0.717) is 24.5 Å². The van der Waals surface area contributed by atoms with E-state index in [2.05, 4.69) is 17.2 Å². The first-order valence-corrected chi connectivity index (χ1v) is 11.2. The number of carbonyl (C=O) groups excluding carboxylic acids is 1. The summed E-state index contributed by atoms with van der Waals surface area (Å²) in [5, 5.41) is 8.45. The van der Waals surface area contributed by atoms with Crippen molar-refractivity contribution < 1.29 is 19.0 Å². The van der Waals surface area contributed by atoms with Crippen LogP contribution >= 0.6 is 0 Å². The lowest BCUT2D eigenvalue weighted by Gasteiger charge is -2.06. The zero-order valence-electron chi connectivity index (χ0n) is 18.7. The van der Waals surface area contributed by atoms with Crippen molar-refractivity contribution in [1.82, 2.24) is 0 Å². The number of hydrogen-bond acceptors (Lipinski definition) is 6. The molecule has 0 atom stereocenters. The van der Waals surface area contributed by atoms with Gasteiger partial charge in [0.1, 0.15) is 12.4 Å². The summed E-state index contributed by atoms with van der Waals surface area (Å²) >= 11 is 0. The van der Waals surface area contributed by atoms with Gasteiger partial charge in [-0.1, -0.05) is 39.0 Å². The Morgan fingerprint density at radius 1 is 0.742 bits per heavy atom. The first-order valence-electron chi connectivity index (χ1n) is 11.2. The van der Waals surface area contributed by atoms with Crippen LogP contribution in [-0.4, -0.2) is 32.4 Å². The number of benzene rings is 2. The number of ether oxygens (including phenoxy) is 3. The molecule has 6 nitrogen and oxygen atoms in total. The fourth-order valence-electron chi connectivity index (χ4n) is 2.88. The molecule has 0 spiro atoms. The molecule has 0 saturated carbocycles. The summed E-state index contributed by atoms with van der Waals surface area (Å²) in [5.41, 5.74) is 1.88. The summed E-state index contributed by atoms with van der Waals surface area (Å²) in [4.78, 5) is 11.9. The molecule has 0 amide bonds. The van der Waals surface area contributed by atoms with E-state index in [0.717, 1.165) is 24.5 Å². The number of unbranched alkanes of at least 4 members (excludes halogenated alkanes) is 5. The molecule has 2 aromatic carbocycles. The summed E-state index contributed by atoms with van der Waals surface area (Å²) < 4.78 is 16.1. The number of carbonyl (C=O) groups is 1. The van der Waals surface area contributed by atoms with Crippen LogP contribution in [0.3, 0.4) is 0 Å². The highest BCUT2D eigenvalue weighted by Gasteiger charge is 2.06. The fraction of sp³-hybridized carbons (Fsp3) is 0.480. The number of azo groups is 1. The molecule has 0 unspecified atom stereocenters. The minimum absolute atomic E-state index is 0.243. The lowest BCUT2D eigenvalue weighted by molar-refractivity contribution is 0.0335. The summed E-state index contributed by atoms with van der Waals surface area (Å²) in [6.45, 7) is 6.12. The Bertz CT molecular complexity index is 773. The van der Waals surface area contributed by atoms with Crippen molar-refractivity contribution >= 4 is 17.3 Å². The number of nitrogens with zero attached hydrogens (tertiary/aromatic N) is 2. The van der Waals surface area contributed by atoms with Crippen LogP contribution in [0.5, 0.6) is 5.75 Å². The standard InChI is InChI=1S/C25H34N2O4/c1-3-5-6-7-8-9-18-30-24-16-14-23(15-17-24)27-26-22-12-10-21(11-13-22)25(28)31-20-19-29-4-2/h10-17H,3-9,18-20H2,1-2H3. The van der Waals surface area contributed by atoms with E-state index in [4.69, 9.17) is 14.2 Å². The highest BCUT2D eigenvalue weighted by molar-refractivity contribution is 5.89. The van der Waals surface area contributed by atoms with Gasteiger partial charge in [-0.3, -0.25) is 0 Å². The Morgan fingerprint density at radius 2 is 1.35 bits per heavy atom. The molecule has 2 aromatic rings. The largest absolute Gasteiger partial charge is 0.494 e. The Kier molecular flexibility index (Phi) is 12.0. The van der Waals surface area contributed by atoms with E-state index < -0.39 is 0 Å². The molecule has 0 radical (unpaired) electrons. The predicted octanol–water partition coefficient (Wildman–Crippen LogP) is 7.03. The summed E-state index contributed by atoms with van der Waals surface area (Å²) in [6.07, 6.45) is 7.50. The van der Waals surface area contributed by atoms with E-state index in [-0.39, 0.29) is 12.6 Å². The summed E-state index contributed by atoms with van der Waals surface area (Å²) in [6, 6.07) is 14.4. The van der Waals surface area contributed by atoms with Gasteiger partial charge in [-0.2, -0.15) is 10.2 Å². The highest BCUT2D eigenvalue weighted by Crippen LogP contribution is 2.22. The maximum absolute atomic E-state index is 11.9. The van der Waals surface area contributed by atoms with Crippen molar-refractivity contribution in [3.63, 3.8) is 0 Å². The zero-order valence-corrected chi connectivity index (χ0v) is 18.7. The fourth-order valence-corrected chi connectivity index (χ4v) is 2.88. The van der Waals surface area contributed by atoms with Gasteiger partial charge in [-0.05, 0) is 61.9 Å². The highest BCUT2D eigenvalue weighted by atomic mass is 16.6. The van der Waals surface area contributed by atoms with E-state index in [1.807, 2.05) is 31.2 Å². The molecule has 0 aliphatic rings. The molecule has 2 rings (SSSR count). The first-order chi connectivity index (χ1) is 15.2. The van der Waals surface area contributed by atoms with Crippen molar-refractivity contribution in [3.05, 3.63) is 54.1 Å². The van der Waals surface area contributed by atoms with Crippen molar-refractivity contribution in [2.75, 3.05) is 26.4 Å². The van der Waals surface area contributed by atoms with Crippen molar-refractivity contribution in [3.8, 4) is 5.75 Å². The molecule has 0 bridgehead atoms. The summed E-state index contributed by atoms with van der Waals surface area (Å²) in [5.74, 6) is 0.472. The smallest absolute Gasteiger partial charge is 0.338 e. The normalized spacial score (nSPS) is 11.0. The topological polar surface area (TPSA) is 69.5 Å². The molecule has 0 saturated heterocycles. The molecule has 6 heteroatoms. The maximum atomic E-state index is 11.9. The van der Waals surface area contributed by atoms with Gasteiger partial charge < -0.3 is 14.2 Å². The molecular weight excluding hydrogens is 392 g/mol. The van der Waals surface area contributed by atoms with Gasteiger partial charge >= 0.3 is 5.97 Å². The van der Waals surface area contributed by atoms with Crippen molar-refractivity contribution in [2.45, 2.75) is 52.4 Å². The number of hydrogen-bond donors (Lipinski definition) is 0. The molecule has 0 aliphatic carbocycles. The first kappa shape index (κ1) is 24.5. The van der Waals surface area contributed by atoms with E-state index in [1.54, 1.807) is 24.3 Å². The molecule has 0 fully saturated rings. The Balaban J connectivity index is 1.73. The second kappa shape index (κ2) is 15.1. The molecule has 0 heterocycles. The summed E-state index contributed by atoms with van der Waals surface area (Å²) in [7, 11) is 0. The zero-order chi connectivity index (χ0) is 22.2. The monoisotopic (exact) mass is 426 g/mol. The molecule has 0 aliphatic heterocycles. The Morgan fingerprint density at radius 3 is 2.00 bits per heavy atom. The van der Waals surface area contributed by atoms with Gasteiger partial charge in [-0.15, -0.1) is 0 Å². The second-order valence-electron chi connectivity index (χ2n) is 7.19. The average Bonchev–Trinajstić information content (AvgIpc) is 2.81. The van der Waals surface area contributed by atoms with Gasteiger partial charge in [0.05, 0.1) is 30.2 Å². The maximum Gasteiger partial charge on any atom is 0.338 e. The van der Waals surface area contributed by atoms with Crippen LogP contribution in [0.1, 0.15) is 62.7 Å². The lowest BCUT2D eigenvalue weighted by Crippen LogP contribution is -2.10. The Hall–Kier alpha value is -2.73. The minimum Gasteiger partial charge on any atom is -0.494 e. The molecular formula is C25H34N2O4. The quantitative estimate of drug-likeness (QED) is 0.174. The average molecular weight is 427 g/mol. The van der Waals surface area contributed by atoms with Crippen LogP contribution in [0.15, 0.2) is 58.8 Å². The molecule has 168 valence electrons. The SMILES string of the molecule is CCCCCCCCOc1ccc(N=Nc2ccc(C(=O)OCCOCC)cc2)cc1. The van der Waals surface area contributed by atoms with Crippen LogP contribution in [0.25, 0.3) is 0 Å². The molecule has 0 N–H and O–H groups in total. The second-order valence-corrected chi connectivity index (χ2v) is 7.19. The third-order valence-electron chi connectivity index (χ3n) is 4.65. The lowest BCUT2D eigenvalue weighted by atomic mass is 10.1. The van der Waals surface area contributed by atoms with Crippen LogP contribution in [0, 0.1) is 0 Å². The van der Waals surface area contributed by atoms with Crippen molar-refractivity contribution in [2.24, 2.45) is 10.2 Å². The van der Waals surface area contributed by atoms with Crippen LogP contribution < -0.4 is 4.74 Å². The third kappa shape index (κ3) is 10.2. The van der Waals surface area contributed by atoms with Gasteiger partial charge in [0, 0.05) is 6.61 Å². The van der Waals surface area contributed by atoms with Crippen LogP contribution in [0.4, 0.5) is 11.4 Å². The Labute approximate surface area is 185 Å². The van der Waals surface area contributed by atoms with Gasteiger partial charge in [0.15, 0.2) is 0 Å². The number of rotatable bonds is 15. The van der Waals surface area contributed by atoms with Gasteiger partial charge in [-0.25, -0.2) is 4.79 Å². The van der Waals surface area contributed by atoms with Crippen LogP contribution in [0.2, 0.25) is 0 Å².